The van der Waals surface area contributed by atoms with Crippen LogP contribution in [0.4, 0.5) is 4.79 Å². The Hall–Kier alpha value is -2.87. The Labute approximate surface area is 208 Å². The summed E-state index contributed by atoms with van der Waals surface area (Å²) in [6, 6.07) is 7.16. The molecule has 1 aromatic rings. The van der Waals surface area contributed by atoms with Crippen LogP contribution in [0.25, 0.3) is 0 Å². The van der Waals surface area contributed by atoms with Crippen molar-refractivity contribution in [3.8, 4) is 0 Å². The molecule has 1 aromatic carbocycles. The average Bonchev–Trinajstić information content (AvgIpc) is 2.84. The van der Waals surface area contributed by atoms with E-state index in [1.165, 1.54) is 5.56 Å². The van der Waals surface area contributed by atoms with E-state index in [4.69, 9.17) is 9.47 Å². The number of hydrogen-bond acceptors (Lipinski definition) is 6. The Morgan fingerprint density at radius 2 is 1.77 bits per heavy atom. The third-order valence-electron chi connectivity index (χ3n) is 6.69. The predicted octanol–water partition coefficient (Wildman–Crippen LogP) is 3.99. The van der Waals surface area contributed by atoms with E-state index in [0.717, 1.165) is 24.9 Å². The van der Waals surface area contributed by atoms with Crippen molar-refractivity contribution >= 4 is 18.0 Å². The molecule has 2 aliphatic rings. The summed E-state index contributed by atoms with van der Waals surface area (Å²) in [7, 11) is 0. The van der Waals surface area contributed by atoms with Crippen LogP contribution in [0.5, 0.6) is 0 Å². The second-order valence-electron chi connectivity index (χ2n) is 9.36. The first-order valence-electron chi connectivity index (χ1n) is 12.8. The molecule has 8 heteroatoms. The number of nitrogens with one attached hydrogen (secondary N) is 1. The highest BCUT2D eigenvalue weighted by atomic mass is 16.5. The van der Waals surface area contributed by atoms with Gasteiger partial charge < -0.3 is 14.8 Å². The molecule has 1 fully saturated rings. The van der Waals surface area contributed by atoms with E-state index in [0.29, 0.717) is 43.4 Å². The monoisotopic (exact) mass is 485 g/mol. The van der Waals surface area contributed by atoms with Crippen molar-refractivity contribution in [1.29, 1.82) is 0 Å². The fraction of sp³-hybridized carbons (Fsp3) is 0.593. The van der Waals surface area contributed by atoms with Crippen LogP contribution in [0.1, 0.15) is 70.5 Å². The number of likely N-dealkylation sites (tertiary alicyclic amines) is 1. The molecule has 2 aliphatic heterocycles. The van der Waals surface area contributed by atoms with Crippen LogP contribution in [-0.2, 0) is 19.1 Å². The number of ether oxygens (including phenoxy) is 2. The van der Waals surface area contributed by atoms with E-state index in [1.807, 2.05) is 38.1 Å². The van der Waals surface area contributed by atoms with E-state index < -0.39 is 12.0 Å². The van der Waals surface area contributed by atoms with Crippen molar-refractivity contribution in [1.82, 2.24) is 15.1 Å². The van der Waals surface area contributed by atoms with Gasteiger partial charge in [0.2, 0.25) is 0 Å². The number of piperidine rings is 1. The largest absolute Gasteiger partial charge is 0.466 e. The Morgan fingerprint density at radius 3 is 2.37 bits per heavy atom. The van der Waals surface area contributed by atoms with Gasteiger partial charge in [-0.2, -0.15) is 0 Å². The summed E-state index contributed by atoms with van der Waals surface area (Å²) >= 11 is 0. The Kier molecular flexibility index (Phi) is 9.32. The predicted molar refractivity (Wildman–Crippen MR) is 134 cm³/mol. The van der Waals surface area contributed by atoms with Crippen molar-refractivity contribution in [2.45, 2.75) is 59.4 Å². The average molecular weight is 486 g/mol. The molecule has 0 aliphatic carbocycles. The van der Waals surface area contributed by atoms with E-state index >= 15 is 0 Å². The Bertz CT molecular complexity index is 941. The van der Waals surface area contributed by atoms with E-state index in [9.17, 15) is 14.4 Å². The number of rotatable bonds is 9. The van der Waals surface area contributed by atoms with Crippen LogP contribution in [-0.4, -0.2) is 67.2 Å². The quantitative estimate of drug-likeness (QED) is 0.532. The number of carbonyl (C=O) groups is 3. The van der Waals surface area contributed by atoms with Crippen LogP contribution in [0.2, 0.25) is 0 Å². The lowest BCUT2D eigenvalue weighted by Crippen LogP contribution is -2.51. The molecule has 2 atom stereocenters. The Morgan fingerprint density at radius 1 is 1.09 bits per heavy atom. The number of esters is 2. The first-order chi connectivity index (χ1) is 16.8. The van der Waals surface area contributed by atoms with Crippen molar-refractivity contribution in [3.63, 3.8) is 0 Å². The van der Waals surface area contributed by atoms with E-state index in [1.54, 1.807) is 11.8 Å². The first kappa shape index (κ1) is 26.7. The van der Waals surface area contributed by atoms with Gasteiger partial charge >= 0.3 is 18.0 Å². The molecular weight excluding hydrogens is 446 g/mol. The highest BCUT2D eigenvalue weighted by Gasteiger charge is 2.39. The molecule has 192 valence electrons. The van der Waals surface area contributed by atoms with E-state index in [2.05, 4.69) is 24.1 Å². The summed E-state index contributed by atoms with van der Waals surface area (Å²) in [6.45, 7) is 12.4. The van der Waals surface area contributed by atoms with Crippen LogP contribution in [0.15, 0.2) is 35.5 Å². The number of hydrogen-bond donors (Lipinski definition) is 1. The number of urea groups is 1. The van der Waals surface area contributed by atoms with Crippen LogP contribution < -0.4 is 5.32 Å². The number of amides is 2. The molecule has 0 aromatic heterocycles. The molecule has 0 radical (unpaired) electrons. The summed E-state index contributed by atoms with van der Waals surface area (Å²) in [4.78, 5) is 42.6. The van der Waals surface area contributed by atoms with Gasteiger partial charge in [0.15, 0.2) is 0 Å². The standard InChI is InChI=1S/C27H39N3O5/c1-6-30-22(17-29-15-9-10-21(16-29)25(31)34-7-2)23(26(32)35-8-3)24(28-27(30)33)20-13-11-19(12-14-20)18(4)5/h11-14,18,21,24H,6-10,15-17H2,1-5H3,(H,28,33)/t21-,24-/m1/s1. The van der Waals surface area contributed by atoms with Gasteiger partial charge in [-0.25, -0.2) is 9.59 Å². The van der Waals surface area contributed by atoms with Crippen molar-refractivity contribution in [3.05, 3.63) is 46.7 Å². The lowest BCUT2D eigenvalue weighted by molar-refractivity contribution is -0.150. The molecule has 2 heterocycles. The smallest absolute Gasteiger partial charge is 0.338 e. The van der Waals surface area contributed by atoms with Crippen LogP contribution in [0, 0.1) is 5.92 Å². The summed E-state index contributed by atoms with van der Waals surface area (Å²) in [5, 5.41) is 3.02. The zero-order valence-corrected chi connectivity index (χ0v) is 21.6. The summed E-state index contributed by atoms with van der Waals surface area (Å²) in [5.74, 6) is -0.448. The fourth-order valence-corrected chi connectivity index (χ4v) is 4.84. The molecule has 0 bridgehead atoms. The topological polar surface area (TPSA) is 88.2 Å². The molecule has 1 N–H and O–H groups in total. The maximum absolute atomic E-state index is 13.3. The number of benzene rings is 1. The van der Waals surface area contributed by atoms with Crippen LogP contribution >= 0.6 is 0 Å². The van der Waals surface area contributed by atoms with Gasteiger partial charge in [-0.1, -0.05) is 38.1 Å². The summed E-state index contributed by atoms with van der Waals surface area (Å²) in [5.41, 5.74) is 3.11. The third-order valence-corrected chi connectivity index (χ3v) is 6.69. The molecular formula is C27H39N3O5. The Balaban J connectivity index is 2.00. The number of nitrogens with zero attached hydrogens (tertiary/aromatic N) is 2. The first-order valence-corrected chi connectivity index (χ1v) is 12.8. The van der Waals surface area contributed by atoms with Crippen molar-refractivity contribution < 1.29 is 23.9 Å². The van der Waals surface area contributed by atoms with Gasteiger partial charge in [0.1, 0.15) is 0 Å². The summed E-state index contributed by atoms with van der Waals surface area (Å²) in [6.07, 6.45) is 1.63. The number of carbonyl (C=O) groups excluding carboxylic acids is 3. The molecule has 1 saturated heterocycles. The highest BCUT2D eigenvalue weighted by Crippen LogP contribution is 2.33. The van der Waals surface area contributed by atoms with Crippen molar-refractivity contribution in [2.75, 3.05) is 39.4 Å². The van der Waals surface area contributed by atoms with E-state index in [-0.39, 0.29) is 24.5 Å². The lowest BCUT2D eigenvalue weighted by Gasteiger charge is -2.39. The minimum absolute atomic E-state index is 0.186. The van der Waals surface area contributed by atoms with Gasteiger partial charge in [-0.05, 0) is 57.2 Å². The van der Waals surface area contributed by atoms with Gasteiger partial charge in [-0.3, -0.25) is 14.6 Å². The molecule has 3 rings (SSSR count). The molecule has 0 spiro atoms. The number of likely N-dealkylation sites (N-methyl/N-ethyl adjacent to an activating group) is 1. The fourth-order valence-electron chi connectivity index (χ4n) is 4.84. The molecule has 35 heavy (non-hydrogen) atoms. The maximum Gasteiger partial charge on any atom is 0.338 e. The highest BCUT2D eigenvalue weighted by molar-refractivity contribution is 5.95. The molecule has 2 amide bonds. The van der Waals surface area contributed by atoms with Gasteiger partial charge in [0.05, 0.1) is 30.7 Å². The maximum atomic E-state index is 13.3. The van der Waals surface area contributed by atoms with Crippen molar-refractivity contribution in [2.24, 2.45) is 5.92 Å². The molecule has 8 nitrogen and oxygen atoms in total. The summed E-state index contributed by atoms with van der Waals surface area (Å²) < 4.78 is 10.7. The second kappa shape index (κ2) is 12.2. The van der Waals surface area contributed by atoms with Gasteiger partial charge in [0, 0.05) is 25.3 Å². The molecule has 0 unspecified atom stereocenters. The minimum Gasteiger partial charge on any atom is -0.466 e. The van der Waals surface area contributed by atoms with Gasteiger partial charge in [-0.15, -0.1) is 0 Å². The van der Waals surface area contributed by atoms with Crippen LogP contribution in [0.3, 0.4) is 0 Å². The SMILES string of the molecule is CCOC(=O)C1=C(CN2CCC[C@@H](C(=O)OCC)C2)N(CC)C(=O)N[C@@H]1c1ccc(C(C)C)cc1. The lowest BCUT2D eigenvalue weighted by atomic mass is 9.91. The van der Waals surface area contributed by atoms with Gasteiger partial charge in [0.25, 0.3) is 0 Å². The minimum atomic E-state index is -0.605. The normalized spacial score (nSPS) is 21.2. The molecule has 0 saturated carbocycles. The third kappa shape index (κ3) is 6.23. The zero-order chi connectivity index (χ0) is 25.5. The zero-order valence-electron chi connectivity index (χ0n) is 21.6. The second-order valence-corrected chi connectivity index (χ2v) is 9.36.